The lowest BCUT2D eigenvalue weighted by Crippen LogP contribution is -2.35. The number of hydrogen-bond donors (Lipinski definition) is 1. The first-order valence-electron chi connectivity index (χ1n) is 6.13. The molecule has 0 saturated heterocycles. The van der Waals surface area contributed by atoms with Gasteiger partial charge in [0.15, 0.2) is 5.76 Å². The van der Waals surface area contributed by atoms with Crippen molar-refractivity contribution in [1.82, 2.24) is 4.90 Å². The number of carboxylic acid groups (broad SMARTS) is 1. The van der Waals surface area contributed by atoms with E-state index in [1.54, 1.807) is 13.0 Å². The number of hydrogen-bond acceptors (Lipinski definition) is 3. The molecule has 1 amide bonds. The van der Waals surface area contributed by atoms with Crippen LogP contribution in [0.5, 0.6) is 0 Å². The third kappa shape index (κ3) is 2.85. The van der Waals surface area contributed by atoms with Gasteiger partial charge in [-0.2, -0.15) is 0 Å². The van der Waals surface area contributed by atoms with Crippen LogP contribution in [-0.2, 0) is 4.79 Å². The van der Waals surface area contributed by atoms with Gasteiger partial charge < -0.3 is 14.4 Å². The summed E-state index contributed by atoms with van der Waals surface area (Å²) >= 11 is 3.39. The van der Waals surface area contributed by atoms with E-state index in [4.69, 9.17) is 9.52 Å². The van der Waals surface area contributed by atoms with E-state index in [1.165, 1.54) is 4.90 Å². The van der Waals surface area contributed by atoms with Crippen LogP contribution in [0.4, 0.5) is 0 Å². The highest BCUT2D eigenvalue weighted by Crippen LogP contribution is 2.27. The summed E-state index contributed by atoms with van der Waals surface area (Å²) in [5.74, 6) is -1.30. The third-order valence-corrected chi connectivity index (χ3v) is 3.43. The van der Waals surface area contributed by atoms with Crippen molar-refractivity contribution in [1.29, 1.82) is 0 Å². The summed E-state index contributed by atoms with van der Waals surface area (Å²) in [4.78, 5) is 24.2. The predicted molar refractivity (Wildman–Crippen MR) is 77.9 cm³/mol. The van der Waals surface area contributed by atoms with Crippen LogP contribution in [0.15, 0.2) is 27.1 Å². The van der Waals surface area contributed by atoms with Crippen LogP contribution in [0.3, 0.4) is 0 Å². The Morgan fingerprint density at radius 3 is 2.65 bits per heavy atom. The molecule has 20 heavy (non-hydrogen) atoms. The molecule has 0 atom stereocenters. The molecule has 0 aliphatic rings. The van der Waals surface area contributed by atoms with E-state index in [0.717, 1.165) is 15.4 Å². The second-order valence-corrected chi connectivity index (χ2v) is 5.38. The first-order valence-corrected chi connectivity index (χ1v) is 6.92. The average molecular weight is 340 g/mol. The fourth-order valence-electron chi connectivity index (χ4n) is 2.03. The monoisotopic (exact) mass is 339 g/mol. The zero-order chi connectivity index (χ0) is 14.9. The summed E-state index contributed by atoms with van der Waals surface area (Å²) in [5, 5.41) is 9.61. The molecule has 0 spiro atoms. The van der Waals surface area contributed by atoms with Gasteiger partial charge in [0.05, 0.1) is 0 Å². The number of carbonyl (C=O) groups excluding carboxylic acids is 1. The molecule has 1 N–H and O–H groups in total. The molecule has 0 aliphatic heterocycles. The number of amides is 1. The maximum atomic E-state index is 12.2. The van der Waals surface area contributed by atoms with Crippen molar-refractivity contribution in [2.24, 2.45) is 0 Å². The van der Waals surface area contributed by atoms with Gasteiger partial charge in [0.2, 0.25) is 0 Å². The molecule has 0 saturated carbocycles. The van der Waals surface area contributed by atoms with Crippen molar-refractivity contribution in [2.45, 2.75) is 13.8 Å². The van der Waals surface area contributed by atoms with Crippen LogP contribution in [0.1, 0.15) is 23.0 Å². The first-order chi connectivity index (χ1) is 9.42. The summed E-state index contributed by atoms with van der Waals surface area (Å²) in [6.45, 7) is 3.59. The Morgan fingerprint density at radius 1 is 1.35 bits per heavy atom. The average Bonchev–Trinajstić information content (AvgIpc) is 2.78. The summed E-state index contributed by atoms with van der Waals surface area (Å²) in [6, 6.07) is 5.39. The van der Waals surface area contributed by atoms with E-state index in [2.05, 4.69) is 15.9 Å². The van der Waals surface area contributed by atoms with Crippen LogP contribution in [0.2, 0.25) is 0 Å². The number of rotatable bonds is 4. The minimum Gasteiger partial charge on any atom is -0.480 e. The highest BCUT2D eigenvalue weighted by Gasteiger charge is 2.21. The molecule has 0 radical (unpaired) electrons. The molecule has 0 aliphatic carbocycles. The highest BCUT2D eigenvalue weighted by atomic mass is 79.9. The SMILES string of the molecule is CCN(CC(=O)O)C(=O)c1cc2cc(Br)cc(C)c2o1. The van der Waals surface area contributed by atoms with Crippen molar-refractivity contribution in [3.8, 4) is 0 Å². The lowest BCUT2D eigenvalue weighted by Gasteiger charge is -2.16. The standard InChI is InChI=1S/C14H14BrNO4/c1-3-16(7-12(17)18)14(19)11-6-9-5-10(15)4-8(2)13(9)20-11/h4-6H,3,7H2,1-2H3,(H,17,18). The molecular formula is C14H14BrNO4. The Morgan fingerprint density at radius 2 is 2.05 bits per heavy atom. The number of carboxylic acids is 1. The summed E-state index contributed by atoms with van der Waals surface area (Å²) < 4.78 is 6.48. The van der Waals surface area contributed by atoms with Crippen LogP contribution < -0.4 is 0 Å². The normalized spacial score (nSPS) is 10.8. The number of aliphatic carboxylic acids is 1. The van der Waals surface area contributed by atoms with Crippen molar-refractivity contribution < 1.29 is 19.1 Å². The maximum Gasteiger partial charge on any atom is 0.323 e. The summed E-state index contributed by atoms with van der Waals surface area (Å²) in [7, 11) is 0. The number of halogens is 1. The Kier molecular flexibility index (Phi) is 4.13. The van der Waals surface area contributed by atoms with Gasteiger partial charge in [-0.1, -0.05) is 15.9 Å². The van der Waals surface area contributed by atoms with Gasteiger partial charge in [0.1, 0.15) is 12.1 Å². The van der Waals surface area contributed by atoms with Crippen molar-refractivity contribution in [3.05, 3.63) is 34.0 Å². The number of fused-ring (bicyclic) bond motifs is 1. The number of benzene rings is 1. The molecular weight excluding hydrogens is 326 g/mol. The Bertz CT molecular complexity index is 677. The molecule has 0 unspecified atom stereocenters. The van der Waals surface area contributed by atoms with Gasteiger partial charge in [0.25, 0.3) is 5.91 Å². The fraction of sp³-hybridized carbons (Fsp3) is 0.286. The fourth-order valence-corrected chi connectivity index (χ4v) is 2.62. The second-order valence-electron chi connectivity index (χ2n) is 4.46. The number of likely N-dealkylation sites (N-methyl/N-ethyl adjacent to an activating group) is 1. The number of aryl methyl sites for hydroxylation is 1. The minimum absolute atomic E-state index is 0.157. The van der Waals surface area contributed by atoms with E-state index in [0.29, 0.717) is 12.1 Å². The summed E-state index contributed by atoms with van der Waals surface area (Å²) in [5.41, 5.74) is 1.55. The molecule has 1 aromatic heterocycles. The lowest BCUT2D eigenvalue weighted by atomic mass is 10.2. The molecule has 106 valence electrons. The van der Waals surface area contributed by atoms with E-state index >= 15 is 0 Å². The van der Waals surface area contributed by atoms with Gasteiger partial charge >= 0.3 is 5.97 Å². The molecule has 5 nitrogen and oxygen atoms in total. The van der Waals surface area contributed by atoms with Gasteiger partial charge in [-0.15, -0.1) is 0 Å². The number of nitrogens with zero attached hydrogens (tertiary/aromatic N) is 1. The minimum atomic E-state index is -1.05. The van der Waals surface area contributed by atoms with Crippen molar-refractivity contribution in [3.63, 3.8) is 0 Å². The summed E-state index contributed by atoms with van der Waals surface area (Å²) in [6.07, 6.45) is 0. The van der Waals surface area contributed by atoms with Gasteiger partial charge in [0, 0.05) is 16.4 Å². The Labute approximate surface area is 124 Å². The van der Waals surface area contributed by atoms with Crippen molar-refractivity contribution in [2.75, 3.05) is 13.1 Å². The highest BCUT2D eigenvalue weighted by molar-refractivity contribution is 9.10. The smallest absolute Gasteiger partial charge is 0.323 e. The molecule has 2 rings (SSSR count). The lowest BCUT2D eigenvalue weighted by molar-refractivity contribution is -0.137. The number of carbonyl (C=O) groups is 2. The van der Waals surface area contributed by atoms with Crippen LogP contribution >= 0.6 is 15.9 Å². The molecule has 6 heteroatoms. The van der Waals surface area contributed by atoms with Crippen LogP contribution in [-0.4, -0.2) is 35.0 Å². The van der Waals surface area contributed by atoms with Gasteiger partial charge in [-0.05, 0) is 37.6 Å². The zero-order valence-electron chi connectivity index (χ0n) is 11.1. The van der Waals surface area contributed by atoms with Gasteiger partial charge in [-0.25, -0.2) is 0 Å². The molecule has 1 aromatic carbocycles. The number of furan rings is 1. The van der Waals surface area contributed by atoms with E-state index in [9.17, 15) is 9.59 Å². The Balaban J connectivity index is 2.39. The topological polar surface area (TPSA) is 70.8 Å². The Hall–Kier alpha value is -1.82. The first kappa shape index (κ1) is 14.6. The molecule has 0 fully saturated rings. The van der Waals surface area contributed by atoms with Crippen LogP contribution in [0, 0.1) is 6.92 Å². The molecule has 2 aromatic rings. The second kappa shape index (κ2) is 5.66. The largest absolute Gasteiger partial charge is 0.480 e. The van der Waals surface area contributed by atoms with E-state index in [-0.39, 0.29) is 12.3 Å². The zero-order valence-corrected chi connectivity index (χ0v) is 12.7. The molecule has 1 heterocycles. The van der Waals surface area contributed by atoms with Gasteiger partial charge in [-0.3, -0.25) is 9.59 Å². The maximum absolute atomic E-state index is 12.2. The molecule has 0 bridgehead atoms. The van der Waals surface area contributed by atoms with Crippen molar-refractivity contribution >= 4 is 38.8 Å². The van der Waals surface area contributed by atoms with E-state index < -0.39 is 11.9 Å². The third-order valence-electron chi connectivity index (χ3n) is 2.97. The van der Waals surface area contributed by atoms with Crippen LogP contribution in [0.25, 0.3) is 11.0 Å². The quantitative estimate of drug-likeness (QED) is 0.929. The predicted octanol–water partition coefficient (Wildman–Crippen LogP) is 3.05. The van der Waals surface area contributed by atoms with E-state index in [1.807, 2.05) is 19.1 Å².